The second-order valence-corrected chi connectivity index (χ2v) is 8.28. The summed E-state index contributed by atoms with van der Waals surface area (Å²) in [6, 6.07) is 11.2. The van der Waals surface area contributed by atoms with E-state index in [1.165, 1.54) is 24.0 Å². The Morgan fingerprint density at radius 2 is 2.07 bits per heavy atom. The van der Waals surface area contributed by atoms with E-state index in [9.17, 15) is 0 Å². The van der Waals surface area contributed by atoms with Gasteiger partial charge in [0.1, 0.15) is 0 Å². The van der Waals surface area contributed by atoms with Gasteiger partial charge in [-0.25, -0.2) is 0 Å². The Morgan fingerprint density at radius 1 is 1.31 bits per heavy atom. The Kier molecular flexibility index (Phi) is 7.31. The van der Waals surface area contributed by atoms with E-state index in [1.54, 1.807) is 0 Å². The van der Waals surface area contributed by atoms with Crippen molar-refractivity contribution in [2.75, 3.05) is 40.8 Å². The van der Waals surface area contributed by atoms with Gasteiger partial charge in [-0.2, -0.15) is 5.10 Å². The van der Waals surface area contributed by atoms with E-state index in [2.05, 4.69) is 82.8 Å². The van der Waals surface area contributed by atoms with Gasteiger partial charge in [0, 0.05) is 45.5 Å². The van der Waals surface area contributed by atoms with Crippen molar-refractivity contribution < 1.29 is 0 Å². The first kappa shape index (κ1) is 21.4. The number of likely N-dealkylation sites (N-methyl/N-ethyl adjacent to an activating group) is 1. The minimum Gasteiger partial charge on any atom is -0.354 e. The number of nitrogens with one attached hydrogen (secondary N) is 1. The number of nitrogens with zero attached hydrogens (tertiary/aromatic N) is 5. The number of hydrogen-bond acceptors (Lipinski definition) is 3. The molecule has 0 aliphatic carbocycles. The zero-order valence-electron chi connectivity index (χ0n) is 18.5. The molecule has 1 aliphatic rings. The monoisotopic (exact) mass is 396 g/mol. The van der Waals surface area contributed by atoms with Crippen molar-refractivity contribution in [1.29, 1.82) is 0 Å². The predicted molar refractivity (Wildman–Crippen MR) is 120 cm³/mol. The van der Waals surface area contributed by atoms with Gasteiger partial charge < -0.3 is 15.1 Å². The molecule has 29 heavy (non-hydrogen) atoms. The molecule has 1 aliphatic heterocycles. The molecule has 6 nitrogen and oxygen atoms in total. The quantitative estimate of drug-likeness (QED) is 0.602. The number of aryl methyl sites for hydroxylation is 1. The number of aromatic nitrogens is 2. The third-order valence-electron chi connectivity index (χ3n) is 6.18. The summed E-state index contributed by atoms with van der Waals surface area (Å²) >= 11 is 0. The topological polar surface area (TPSA) is 48.7 Å². The fraction of sp³-hybridized carbons (Fsp3) is 0.565. The highest BCUT2D eigenvalue weighted by Gasteiger charge is 2.30. The zero-order valence-corrected chi connectivity index (χ0v) is 18.5. The van der Waals surface area contributed by atoms with Crippen LogP contribution in [0.4, 0.5) is 0 Å². The van der Waals surface area contributed by atoms with Crippen molar-refractivity contribution in [3.05, 3.63) is 53.9 Å². The number of aliphatic imine (C=N–C) groups is 1. The van der Waals surface area contributed by atoms with E-state index in [-0.39, 0.29) is 6.04 Å². The second kappa shape index (κ2) is 9.92. The summed E-state index contributed by atoms with van der Waals surface area (Å²) in [4.78, 5) is 9.26. The summed E-state index contributed by atoms with van der Waals surface area (Å²) in [6.07, 6.45) is 6.40. The number of likely N-dealkylation sites (tertiary alicyclic amines) is 1. The third-order valence-corrected chi connectivity index (χ3v) is 6.18. The van der Waals surface area contributed by atoms with Crippen LogP contribution in [0.2, 0.25) is 0 Å². The lowest BCUT2D eigenvalue weighted by molar-refractivity contribution is 0.213. The van der Waals surface area contributed by atoms with Gasteiger partial charge in [-0.3, -0.25) is 9.67 Å². The Balaban J connectivity index is 1.64. The molecule has 1 saturated heterocycles. The van der Waals surface area contributed by atoms with Crippen LogP contribution in [-0.4, -0.2) is 66.3 Å². The fourth-order valence-electron chi connectivity index (χ4n) is 4.51. The van der Waals surface area contributed by atoms with Crippen LogP contribution in [0.5, 0.6) is 0 Å². The molecule has 0 radical (unpaired) electrons. The number of guanidine groups is 1. The van der Waals surface area contributed by atoms with Gasteiger partial charge >= 0.3 is 0 Å². The van der Waals surface area contributed by atoms with Gasteiger partial charge in [0.2, 0.25) is 0 Å². The van der Waals surface area contributed by atoms with Crippen molar-refractivity contribution >= 4 is 5.96 Å². The lowest BCUT2D eigenvalue weighted by Crippen LogP contribution is -2.49. The highest BCUT2D eigenvalue weighted by Crippen LogP contribution is 2.34. The average molecular weight is 397 g/mol. The van der Waals surface area contributed by atoms with Crippen LogP contribution in [0.15, 0.2) is 47.7 Å². The van der Waals surface area contributed by atoms with Crippen molar-refractivity contribution in [2.45, 2.75) is 31.7 Å². The highest BCUT2D eigenvalue weighted by atomic mass is 15.3. The molecule has 6 heteroatoms. The summed E-state index contributed by atoms with van der Waals surface area (Å²) in [7, 11) is 8.08. The Hall–Kier alpha value is -2.34. The molecule has 1 N–H and O–H groups in total. The van der Waals surface area contributed by atoms with E-state index < -0.39 is 0 Å². The van der Waals surface area contributed by atoms with Crippen molar-refractivity contribution in [2.24, 2.45) is 18.0 Å². The first-order valence-corrected chi connectivity index (χ1v) is 10.7. The molecule has 158 valence electrons. The van der Waals surface area contributed by atoms with E-state index in [1.807, 2.05) is 25.0 Å². The third kappa shape index (κ3) is 5.18. The van der Waals surface area contributed by atoms with Crippen LogP contribution in [0.1, 0.15) is 42.9 Å². The molecule has 0 amide bonds. The van der Waals surface area contributed by atoms with Gasteiger partial charge in [0.05, 0.1) is 12.2 Å². The number of rotatable bonds is 6. The summed E-state index contributed by atoms with van der Waals surface area (Å²) in [6.45, 7) is 5.20. The maximum absolute atomic E-state index is 4.60. The summed E-state index contributed by atoms with van der Waals surface area (Å²) in [5.41, 5.74) is 2.70. The number of hydrogen-bond donors (Lipinski definition) is 1. The van der Waals surface area contributed by atoms with Gasteiger partial charge in [-0.05, 0) is 37.9 Å². The van der Waals surface area contributed by atoms with Gasteiger partial charge in [-0.15, -0.1) is 0 Å². The van der Waals surface area contributed by atoms with Gasteiger partial charge in [-0.1, -0.05) is 43.7 Å². The molecule has 1 fully saturated rings. The van der Waals surface area contributed by atoms with E-state index in [0.29, 0.717) is 11.8 Å². The predicted octanol–water partition coefficient (Wildman–Crippen LogP) is 3.11. The molecule has 3 unspecified atom stereocenters. The first-order valence-electron chi connectivity index (χ1n) is 10.7. The lowest BCUT2D eigenvalue weighted by atomic mass is 9.79. The first-order chi connectivity index (χ1) is 14.0. The van der Waals surface area contributed by atoms with E-state index >= 15 is 0 Å². The summed E-state index contributed by atoms with van der Waals surface area (Å²) < 4.78 is 1.86. The fourth-order valence-corrected chi connectivity index (χ4v) is 4.51. The molecule has 2 heterocycles. The molecular formula is C23H36N6. The standard InChI is InChI=1S/C23H36N6/c1-6-18-17-29(13-12-21(18)19-10-8-7-9-11-19)23(24-2)25-15-22(27(3)4)20-14-26-28(5)16-20/h7-11,14,16,18,21-22H,6,12-13,15,17H2,1-5H3,(H,24,25). The minimum atomic E-state index is 0.254. The van der Waals surface area contributed by atoms with E-state index in [4.69, 9.17) is 0 Å². The normalized spacial score (nSPS) is 21.4. The average Bonchev–Trinajstić information content (AvgIpc) is 3.17. The highest BCUT2D eigenvalue weighted by molar-refractivity contribution is 5.80. The molecule has 3 atom stereocenters. The van der Waals surface area contributed by atoms with Crippen LogP contribution in [0.3, 0.4) is 0 Å². The molecule has 3 rings (SSSR count). The van der Waals surface area contributed by atoms with Crippen LogP contribution in [-0.2, 0) is 7.05 Å². The lowest BCUT2D eigenvalue weighted by Gasteiger charge is -2.40. The Bertz CT molecular complexity index is 782. The maximum atomic E-state index is 4.60. The zero-order chi connectivity index (χ0) is 20.8. The molecular weight excluding hydrogens is 360 g/mol. The maximum Gasteiger partial charge on any atom is 0.193 e. The SMILES string of the molecule is CCC1CN(C(=NC)NCC(c2cnn(C)c2)N(C)C)CCC1c1ccccc1. The summed E-state index contributed by atoms with van der Waals surface area (Å²) in [5, 5.41) is 7.96. The van der Waals surface area contributed by atoms with Crippen LogP contribution < -0.4 is 5.32 Å². The van der Waals surface area contributed by atoms with Crippen molar-refractivity contribution in [3.8, 4) is 0 Å². The van der Waals surface area contributed by atoms with Crippen LogP contribution in [0.25, 0.3) is 0 Å². The minimum absolute atomic E-state index is 0.254. The Morgan fingerprint density at radius 3 is 2.66 bits per heavy atom. The van der Waals surface area contributed by atoms with E-state index in [0.717, 1.165) is 25.6 Å². The molecule has 1 aromatic carbocycles. The smallest absolute Gasteiger partial charge is 0.193 e. The van der Waals surface area contributed by atoms with Crippen LogP contribution >= 0.6 is 0 Å². The van der Waals surface area contributed by atoms with Crippen molar-refractivity contribution in [3.63, 3.8) is 0 Å². The molecule has 0 saturated carbocycles. The number of benzene rings is 1. The second-order valence-electron chi connectivity index (χ2n) is 8.28. The molecule has 0 spiro atoms. The van der Waals surface area contributed by atoms with Gasteiger partial charge in [0.15, 0.2) is 5.96 Å². The molecule has 0 bridgehead atoms. The van der Waals surface area contributed by atoms with Crippen molar-refractivity contribution in [1.82, 2.24) is 24.9 Å². The molecule has 1 aromatic heterocycles. The largest absolute Gasteiger partial charge is 0.354 e. The Labute approximate surface area is 175 Å². The van der Waals surface area contributed by atoms with Crippen LogP contribution in [0, 0.1) is 5.92 Å². The van der Waals surface area contributed by atoms with Gasteiger partial charge in [0.25, 0.3) is 0 Å². The molecule has 2 aromatic rings. The number of piperidine rings is 1. The summed E-state index contributed by atoms with van der Waals surface area (Å²) in [5.74, 6) is 2.29.